The van der Waals surface area contributed by atoms with Crippen molar-refractivity contribution >= 4 is 23.7 Å². The largest absolute Gasteiger partial charge is 0.494 e. The smallest absolute Gasteiger partial charge is 0.321 e. The van der Waals surface area contributed by atoms with E-state index in [0.717, 1.165) is 48.8 Å². The van der Waals surface area contributed by atoms with Gasteiger partial charge < -0.3 is 14.5 Å². The van der Waals surface area contributed by atoms with Gasteiger partial charge >= 0.3 is 6.03 Å². The van der Waals surface area contributed by atoms with Gasteiger partial charge in [0.25, 0.3) is 5.22 Å². The number of hydrogen-bond acceptors (Lipinski definition) is 7. The molecular weight excluding hydrogens is 368 g/mol. The molecule has 0 bridgehead atoms. The van der Waals surface area contributed by atoms with E-state index >= 15 is 0 Å². The highest BCUT2D eigenvalue weighted by molar-refractivity contribution is 7.99. The van der Waals surface area contributed by atoms with E-state index in [1.165, 1.54) is 0 Å². The van der Waals surface area contributed by atoms with Crippen LogP contribution in [0.25, 0.3) is 11.5 Å². The number of aromatic nitrogens is 2. The molecule has 9 heteroatoms. The lowest BCUT2D eigenvalue weighted by molar-refractivity contribution is -0.117. The highest BCUT2D eigenvalue weighted by Crippen LogP contribution is 2.24. The zero-order valence-electron chi connectivity index (χ0n) is 15.1. The van der Waals surface area contributed by atoms with Crippen LogP contribution in [0.1, 0.15) is 32.6 Å². The number of nitrogens with zero attached hydrogens (tertiary/aromatic N) is 2. The minimum absolute atomic E-state index is 0.0169. The average Bonchev–Trinajstić information content (AvgIpc) is 3.33. The Morgan fingerprint density at radius 3 is 2.67 bits per heavy atom. The summed E-state index contributed by atoms with van der Waals surface area (Å²) in [7, 11) is 0. The van der Waals surface area contributed by atoms with Gasteiger partial charge in [-0.3, -0.25) is 10.1 Å². The third kappa shape index (κ3) is 5.72. The monoisotopic (exact) mass is 390 g/mol. The van der Waals surface area contributed by atoms with Gasteiger partial charge in [0.05, 0.1) is 12.4 Å². The lowest BCUT2D eigenvalue weighted by atomic mass is 10.2. The molecule has 1 aliphatic rings. The number of benzene rings is 1. The van der Waals surface area contributed by atoms with Crippen molar-refractivity contribution in [1.29, 1.82) is 0 Å². The molecular formula is C18H22N4O4S. The predicted molar refractivity (Wildman–Crippen MR) is 101 cm³/mol. The van der Waals surface area contributed by atoms with Gasteiger partial charge in [0.1, 0.15) is 5.75 Å². The molecule has 1 saturated carbocycles. The molecule has 0 saturated heterocycles. The molecule has 1 aliphatic carbocycles. The van der Waals surface area contributed by atoms with Gasteiger partial charge in [-0.05, 0) is 44.0 Å². The number of rotatable bonds is 7. The van der Waals surface area contributed by atoms with Crippen LogP contribution in [0, 0.1) is 0 Å². The number of nitrogens with one attached hydrogen (secondary N) is 2. The predicted octanol–water partition coefficient (Wildman–Crippen LogP) is 3.00. The standard InChI is InChI=1S/C18H22N4O4S/c1-2-25-14-9-7-12(8-10-14)16-21-22-18(26-16)27-11-15(23)20-17(24)19-13-5-3-4-6-13/h7-10,13H,2-6,11H2,1H3,(H2,19,20,23,24). The lowest BCUT2D eigenvalue weighted by Gasteiger charge is -2.11. The third-order valence-corrected chi connectivity index (χ3v) is 4.91. The Hall–Kier alpha value is -2.55. The van der Waals surface area contributed by atoms with E-state index in [2.05, 4.69) is 20.8 Å². The van der Waals surface area contributed by atoms with Crippen molar-refractivity contribution in [3.63, 3.8) is 0 Å². The minimum atomic E-state index is -0.451. The fourth-order valence-corrected chi connectivity index (χ4v) is 3.39. The van der Waals surface area contributed by atoms with Crippen LogP contribution in [0.5, 0.6) is 5.75 Å². The fraction of sp³-hybridized carbons (Fsp3) is 0.444. The summed E-state index contributed by atoms with van der Waals surface area (Å²) in [5.74, 6) is 0.738. The topological polar surface area (TPSA) is 106 Å². The Morgan fingerprint density at radius 1 is 1.22 bits per heavy atom. The molecule has 2 N–H and O–H groups in total. The molecule has 1 heterocycles. The average molecular weight is 390 g/mol. The van der Waals surface area contributed by atoms with Crippen LogP contribution in [0.15, 0.2) is 33.9 Å². The molecule has 0 aliphatic heterocycles. The highest BCUT2D eigenvalue weighted by atomic mass is 32.2. The molecule has 27 heavy (non-hydrogen) atoms. The second-order valence-corrected chi connectivity index (χ2v) is 7.05. The first-order valence-corrected chi connectivity index (χ1v) is 9.92. The Balaban J connectivity index is 1.45. The maximum absolute atomic E-state index is 11.9. The van der Waals surface area contributed by atoms with Crippen LogP contribution < -0.4 is 15.4 Å². The SMILES string of the molecule is CCOc1ccc(-c2nnc(SCC(=O)NC(=O)NC3CCCC3)o2)cc1. The first-order chi connectivity index (χ1) is 13.1. The summed E-state index contributed by atoms with van der Waals surface area (Å²) in [5, 5.41) is 13.3. The molecule has 1 fully saturated rings. The molecule has 144 valence electrons. The first kappa shape index (κ1) is 19.2. The van der Waals surface area contributed by atoms with Crippen LogP contribution in [-0.4, -0.2) is 40.5 Å². The molecule has 3 amide bonds. The fourth-order valence-electron chi connectivity index (χ4n) is 2.83. The van der Waals surface area contributed by atoms with Crippen molar-refractivity contribution < 1.29 is 18.7 Å². The van der Waals surface area contributed by atoms with E-state index in [9.17, 15) is 9.59 Å². The second kappa shape index (κ2) is 9.40. The number of ether oxygens (including phenoxy) is 1. The summed E-state index contributed by atoms with van der Waals surface area (Å²) in [6.45, 7) is 2.52. The van der Waals surface area contributed by atoms with E-state index in [4.69, 9.17) is 9.15 Å². The molecule has 0 radical (unpaired) electrons. The summed E-state index contributed by atoms with van der Waals surface area (Å²) in [6.07, 6.45) is 4.16. The first-order valence-electron chi connectivity index (χ1n) is 8.94. The zero-order valence-corrected chi connectivity index (χ0v) is 15.9. The number of hydrogen-bond donors (Lipinski definition) is 2. The van der Waals surface area contributed by atoms with E-state index in [1.807, 2.05) is 31.2 Å². The van der Waals surface area contributed by atoms with Crippen LogP contribution in [0.4, 0.5) is 4.79 Å². The maximum atomic E-state index is 11.9. The van der Waals surface area contributed by atoms with Crippen molar-refractivity contribution in [2.24, 2.45) is 0 Å². The van der Waals surface area contributed by atoms with Gasteiger partial charge in [-0.25, -0.2) is 4.79 Å². The Labute approximate surface area is 161 Å². The van der Waals surface area contributed by atoms with E-state index in [1.54, 1.807) is 0 Å². The summed E-state index contributed by atoms with van der Waals surface area (Å²) < 4.78 is 10.9. The Morgan fingerprint density at radius 2 is 1.96 bits per heavy atom. The maximum Gasteiger partial charge on any atom is 0.321 e. The van der Waals surface area contributed by atoms with Crippen LogP contribution in [-0.2, 0) is 4.79 Å². The Kier molecular flexibility index (Phi) is 6.69. The number of imide groups is 1. The molecule has 3 rings (SSSR count). The van der Waals surface area contributed by atoms with Gasteiger partial charge in [-0.2, -0.15) is 0 Å². The summed E-state index contributed by atoms with van der Waals surface area (Å²) in [6, 6.07) is 7.02. The number of thioether (sulfide) groups is 1. The van der Waals surface area contributed by atoms with Crippen LogP contribution in [0.3, 0.4) is 0 Å². The molecule has 2 aromatic rings. The Bertz CT molecular complexity index is 772. The molecule has 0 atom stereocenters. The minimum Gasteiger partial charge on any atom is -0.494 e. The van der Waals surface area contributed by atoms with Gasteiger partial charge in [-0.15, -0.1) is 10.2 Å². The normalized spacial score (nSPS) is 14.1. The van der Waals surface area contributed by atoms with Crippen molar-refractivity contribution in [3.05, 3.63) is 24.3 Å². The van der Waals surface area contributed by atoms with Crippen LogP contribution in [0.2, 0.25) is 0 Å². The lowest BCUT2D eigenvalue weighted by Crippen LogP contribution is -2.44. The molecule has 1 aromatic carbocycles. The quantitative estimate of drug-likeness (QED) is 0.700. The van der Waals surface area contributed by atoms with E-state index in [-0.39, 0.29) is 17.0 Å². The molecule has 8 nitrogen and oxygen atoms in total. The highest BCUT2D eigenvalue weighted by Gasteiger charge is 2.18. The number of carbonyl (C=O) groups excluding carboxylic acids is 2. The van der Waals surface area contributed by atoms with Crippen molar-refractivity contribution in [1.82, 2.24) is 20.8 Å². The van der Waals surface area contributed by atoms with E-state index < -0.39 is 11.9 Å². The van der Waals surface area contributed by atoms with Gasteiger partial charge in [-0.1, -0.05) is 24.6 Å². The second-order valence-electron chi connectivity index (χ2n) is 6.12. The van der Waals surface area contributed by atoms with Gasteiger partial charge in [0.2, 0.25) is 11.8 Å². The summed E-state index contributed by atoms with van der Waals surface area (Å²) in [4.78, 5) is 23.6. The summed E-state index contributed by atoms with van der Waals surface area (Å²) >= 11 is 1.08. The van der Waals surface area contributed by atoms with Gasteiger partial charge in [0, 0.05) is 11.6 Å². The number of amides is 3. The molecule has 0 spiro atoms. The number of carbonyl (C=O) groups is 2. The van der Waals surface area contributed by atoms with Crippen LogP contribution >= 0.6 is 11.8 Å². The number of urea groups is 1. The van der Waals surface area contributed by atoms with E-state index in [0.29, 0.717) is 12.5 Å². The van der Waals surface area contributed by atoms with Gasteiger partial charge in [0.15, 0.2) is 0 Å². The summed E-state index contributed by atoms with van der Waals surface area (Å²) in [5.41, 5.74) is 0.762. The van der Waals surface area contributed by atoms with Crippen molar-refractivity contribution in [2.75, 3.05) is 12.4 Å². The van der Waals surface area contributed by atoms with Crippen molar-refractivity contribution in [2.45, 2.75) is 43.9 Å². The van der Waals surface area contributed by atoms with Crippen molar-refractivity contribution in [3.8, 4) is 17.2 Å². The molecule has 0 unspecified atom stereocenters. The molecule has 1 aromatic heterocycles. The zero-order chi connectivity index (χ0) is 19.1. The third-order valence-electron chi connectivity index (χ3n) is 4.09.